The van der Waals surface area contributed by atoms with Gasteiger partial charge in [-0.05, 0) is 83.5 Å². The summed E-state index contributed by atoms with van der Waals surface area (Å²) in [5.74, 6) is -0.315. The highest BCUT2D eigenvalue weighted by Crippen LogP contribution is 2.23. The quantitative estimate of drug-likeness (QED) is 0.0267. The molecular weight excluding hydrogens is 901 g/mol. The number of hydrogen-bond donors (Lipinski definition) is 4. The van der Waals surface area contributed by atoms with Crippen LogP contribution in [0.5, 0.6) is 0 Å². The molecule has 418 valence electrons. The highest BCUT2D eigenvalue weighted by molar-refractivity contribution is 5.69. The zero-order chi connectivity index (χ0) is 52.1. The van der Waals surface area contributed by atoms with Crippen LogP contribution in [0.2, 0.25) is 0 Å². The number of carbonyl (C=O) groups excluding carboxylic acids is 1. The number of unbranched alkanes of at least 4 members (excludes halogenated alkanes) is 29. The fraction of sp³-hybridized carbons (Fsp3) is 0.794. The minimum absolute atomic E-state index is 0.118. The lowest BCUT2D eigenvalue weighted by Gasteiger charge is -2.39. The van der Waals surface area contributed by atoms with Crippen molar-refractivity contribution in [2.45, 2.75) is 295 Å². The average Bonchev–Trinajstić information content (AvgIpc) is 3.38. The summed E-state index contributed by atoms with van der Waals surface area (Å²) in [7, 11) is 0. The molecule has 1 aliphatic rings. The Morgan fingerprint density at radius 1 is 0.458 bits per heavy atom. The first-order valence-electron chi connectivity index (χ1n) is 30.0. The van der Waals surface area contributed by atoms with Crippen LogP contribution in [0, 0.1) is 0 Å². The van der Waals surface area contributed by atoms with Crippen molar-refractivity contribution in [3.8, 4) is 0 Å². The summed E-state index contributed by atoms with van der Waals surface area (Å²) in [6.07, 6.45) is 65.2. The molecule has 1 rings (SSSR count). The van der Waals surface area contributed by atoms with Gasteiger partial charge in [-0.15, -0.1) is 0 Å². The smallest absolute Gasteiger partial charge is 0.306 e. The lowest BCUT2D eigenvalue weighted by molar-refractivity contribution is -0.305. The summed E-state index contributed by atoms with van der Waals surface area (Å²) < 4.78 is 23.0. The lowest BCUT2D eigenvalue weighted by atomic mass is 9.99. The Hall–Kier alpha value is -2.37. The summed E-state index contributed by atoms with van der Waals surface area (Å²) in [4.78, 5) is 12.9. The molecule has 0 aromatic heterocycles. The van der Waals surface area contributed by atoms with E-state index in [4.69, 9.17) is 18.9 Å². The van der Waals surface area contributed by atoms with Crippen LogP contribution < -0.4 is 0 Å². The summed E-state index contributed by atoms with van der Waals surface area (Å²) in [5, 5.41) is 40.4. The number of esters is 1. The van der Waals surface area contributed by atoms with Gasteiger partial charge in [0.1, 0.15) is 30.5 Å². The maximum absolute atomic E-state index is 12.9. The number of rotatable bonds is 52. The first-order chi connectivity index (χ1) is 35.4. The molecule has 1 saturated heterocycles. The first-order valence-corrected chi connectivity index (χ1v) is 30.0. The summed E-state index contributed by atoms with van der Waals surface area (Å²) in [6.45, 7) is 4.46. The monoisotopic (exact) mass is 1010 g/mol. The van der Waals surface area contributed by atoms with Crippen molar-refractivity contribution in [2.75, 3.05) is 26.4 Å². The van der Waals surface area contributed by atoms with Gasteiger partial charge in [0.25, 0.3) is 0 Å². The van der Waals surface area contributed by atoms with Crippen molar-refractivity contribution in [3.63, 3.8) is 0 Å². The average molecular weight is 1010 g/mol. The molecule has 1 aliphatic heterocycles. The molecule has 0 radical (unpaired) electrons. The largest absolute Gasteiger partial charge is 0.457 e. The minimum Gasteiger partial charge on any atom is -0.457 e. The van der Waals surface area contributed by atoms with Gasteiger partial charge in [0.05, 0.1) is 19.8 Å². The van der Waals surface area contributed by atoms with Gasteiger partial charge in [-0.1, -0.05) is 241 Å². The third-order valence-corrected chi connectivity index (χ3v) is 13.6. The van der Waals surface area contributed by atoms with E-state index < -0.39 is 43.4 Å². The molecule has 9 nitrogen and oxygen atoms in total. The zero-order valence-corrected chi connectivity index (χ0v) is 46.4. The normalized spacial score (nSPS) is 19.2. The Labute approximate surface area is 442 Å². The van der Waals surface area contributed by atoms with Gasteiger partial charge in [0.15, 0.2) is 6.29 Å². The fourth-order valence-corrected chi connectivity index (χ4v) is 8.99. The van der Waals surface area contributed by atoms with E-state index in [0.717, 1.165) is 77.0 Å². The third kappa shape index (κ3) is 42.9. The maximum Gasteiger partial charge on any atom is 0.306 e. The van der Waals surface area contributed by atoms with E-state index in [1.54, 1.807) is 0 Å². The minimum atomic E-state index is -1.54. The molecule has 0 aromatic carbocycles. The molecule has 1 fully saturated rings. The summed E-state index contributed by atoms with van der Waals surface area (Å²) in [6, 6.07) is 0. The Morgan fingerprint density at radius 2 is 0.847 bits per heavy atom. The Kier molecular flexibility index (Phi) is 50.2. The Bertz CT molecular complexity index is 1340. The molecule has 4 N–H and O–H groups in total. The lowest BCUT2D eigenvalue weighted by Crippen LogP contribution is -2.59. The van der Waals surface area contributed by atoms with Crippen molar-refractivity contribution in [1.29, 1.82) is 0 Å². The first kappa shape index (κ1) is 67.6. The van der Waals surface area contributed by atoms with E-state index in [1.165, 1.54) is 161 Å². The SMILES string of the molecule is CC/C=C\C/C=C\C/C=C\C/C=C\C/C=C\CCCCCCCCCCOCC(COC1OC(CO)C(O)C(O)C1O)OC(=O)CCCCCCCCCCCCCCC/C=C\CCCCCCCCCC. The molecule has 72 heavy (non-hydrogen) atoms. The molecular formula is C63H112O9. The van der Waals surface area contributed by atoms with E-state index in [0.29, 0.717) is 13.0 Å². The van der Waals surface area contributed by atoms with Crippen molar-refractivity contribution in [1.82, 2.24) is 0 Å². The standard InChI is InChI=1S/C63H112O9/c1-3-5-7-9-11-13-15-17-19-21-23-25-27-29-30-32-34-36-38-40-42-44-46-48-50-52-59(65)71-57(56-70-63-62(68)61(67)60(66)58(54-64)72-63)55-69-53-51-49-47-45-43-41-39-37-35-33-31-28-26-24-22-20-18-16-14-12-10-8-6-4-2/h6,8,12,14,18,20-21,23-24,26,31,33,57-58,60-64,66-68H,3-5,7,9-11,13,15-17,19,22,25,27-30,32,34-56H2,1-2H3/b8-6-,14-12-,20-18-,23-21-,26-24-,33-31-. The van der Waals surface area contributed by atoms with Crippen molar-refractivity contribution >= 4 is 5.97 Å². The Morgan fingerprint density at radius 3 is 1.29 bits per heavy atom. The van der Waals surface area contributed by atoms with E-state index in [9.17, 15) is 25.2 Å². The van der Waals surface area contributed by atoms with E-state index in [1.807, 2.05) is 0 Å². The number of ether oxygens (including phenoxy) is 4. The molecule has 0 bridgehead atoms. The molecule has 0 aromatic rings. The molecule has 0 amide bonds. The second-order valence-corrected chi connectivity index (χ2v) is 20.4. The van der Waals surface area contributed by atoms with E-state index in [-0.39, 0.29) is 19.2 Å². The van der Waals surface area contributed by atoms with Crippen molar-refractivity contribution in [3.05, 3.63) is 72.9 Å². The van der Waals surface area contributed by atoms with Gasteiger partial charge in [0, 0.05) is 13.0 Å². The van der Waals surface area contributed by atoms with Gasteiger partial charge in [-0.3, -0.25) is 4.79 Å². The number of carbonyl (C=O) groups is 1. The second-order valence-electron chi connectivity index (χ2n) is 20.4. The topological polar surface area (TPSA) is 135 Å². The van der Waals surface area contributed by atoms with E-state index in [2.05, 4.69) is 86.8 Å². The van der Waals surface area contributed by atoms with Crippen LogP contribution in [0.15, 0.2) is 72.9 Å². The molecule has 9 heteroatoms. The predicted octanol–water partition coefficient (Wildman–Crippen LogP) is 15.9. The van der Waals surface area contributed by atoms with Crippen LogP contribution in [0.3, 0.4) is 0 Å². The highest BCUT2D eigenvalue weighted by Gasteiger charge is 2.44. The third-order valence-electron chi connectivity index (χ3n) is 13.6. The molecule has 0 spiro atoms. The van der Waals surface area contributed by atoms with Gasteiger partial charge < -0.3 is 39.4 Å². The van der Waals surface area contributed by atoms with Crippen LogP contribution in [-0.4, -0.2) is 89.6 Å². The van der Waals surface area contributed by atoms with Gasteiger partial charge >= 0.3 is 5.97 Å². The van der Waals surface area contributed by atoms with Crippen LogP contribution in [0.25, 0.3) is 0 Å². The zero-order valence-electron chi connectivity index (χ0n) is 46.4. The molecule has 1 heterocycles. The summed E-state index contributed by atoms with van der Waals surface area (Å²) >= 11 is 0. The van der Waals surface area contributed by atoms with E-state index >= 15 is 0 Å². The number of aliphatic hydroxyl groups excluding tert-OH is 4. The summed E-state index contributed by atoms with van der Waals surface area (Å²) in [5.41, 5.74) is 0. The molecule has 6 atom stereocenters. The fourth-order valence-electron chi connectivity index (χ4n) is 8.99. The molecule has 6 unspecified atom stereocenters. The number of aliphatic hydroxyl groups is 4. The van der Waals surface area contributed by atoms with Gasteiger partial charge in [0.2, 0.25) is 0 Å². The number of allylic oxidation sites excluding steroid dienone is 12. The van der Waals surface area contributed by atoms with Crippen LogP contribution in [-0.2, 0) is 23.7 Å². The van der Waals surface area contributed by atoms with Gasteiger partial charge in [-0.25, -0.2) is 0 Å². The van der Waals surface area contributed by atoms with Crippen LogP contribution in [0.4, 0.5) is 0 Å². The van der Waals surface area contributed by atoms with Crippen LogP contribution in [0.1, 0.15) is 258 Å². The maximum atomic E-state index is 12.9. The van der Waals surface area contributed by atoms with Crippen molar-refractivity contribution in [2.24, 2.45) is 0 Å². The molecule has 0 saturated carbocycles. The second kappa shape index (κ2) is 53.5. The number of hydrogen-bond acceptors (Lipinski definition) is 9. The highest BCUT2D eigenvalue weighted by atomic mass is 16.7. The van der Waals surface area contributed by atoms with Crippen LogP contribution >= 0.6 is 0 Å². The Balaban J connectivity index is 2.15. The van der Waals surface area contributed by atoms with Crippen molar-refractivity contribution < 1.29 is 44.2 Å². The predicted molar refractivity (Wildman–Crippen MR) is 302 cm³/mol. The van der Waals surface area contributed by atoms with Gasteiger partial charge in [-0.2, -0.15) is 0 Å². The molecule has 0 aliphatic carbocycles.